The van der Waals surface area contributed by atoms with Crippen LogP contribution >= 0.6 is 0 Å². The van der Waals surface area contributed by atoms with Crippen molar-refractivity contribution < 1.29 is 37.0 Å². The fourth-order valence-corrected chi connectivity index (χ4v) is 3.95. The number of carbonyl (C=O) groups excluding carboxylic acids is 3. The van der Waals surface area contributed by atoms with E-state index in [0.717, 1.165) is 25.0 Å². The van der Waals surface area contributed by atoms with E-state index in [2.05, 4.69) is 10.6 Å². The molecule has 0 saturated heterocycles. The third-order valence-electron chi connectivity index (χ3n) is 5.86. The van der Waals surface area contributed by atoms with E-state index in [1.54, 1.807) is 31.2 Å². The Morgan fingerprint density at radius 2 is 1.50 bits per heavy atom. The first-order valence-electron chi connectivity index (χ1n) is 11.8. The van der Waals surface area contributed by atoms with Crippen LogP contribution in [0.5, 0.6) is 5.75 Å². The van der Waals surface area contributed by atoms with Crippen LogP contribution in [-0.2, 0) is 15.7 Å². The molecule has 2 aromatic carbocycles. The highest BCUT2D eigenvalue weighted by Gasteiger charge is 2.31. The van der Waals surface area contributed by atoms with E-state index in [1.807, 2.05) is 0 Å². The first-order chi connectivity index (χ1) is 17.2. The van der Waals surface area contributed by atoms with Crippen molar-refractivity contribution in [2.75, 3.05) is 19.7 Å². The summed E-state index contributed by atoms with van der Waals surface area (Å²) >= 11 is 0. The molecule has 1 aliphatic rings. The summed E-state index contributed by atoms with van der Waals surface area (Å²) in [5, 5.41) is 5.14. The second kappa shape index (κ2) is 12.4. The number of benzene rings is 2. The Labute approximate surface area is 207 Å². The third-order valence-corrected chi connectivity index (χ3v) is 5.86. The molecule has 2 N–H and O–H groups in total. The lowest BCUT2D eigenvalue weighted by Gasteiger charge is -2.27. The van der Waals surface area contributed by atoms with Gasteiger partial charge in [-0.25, -0.2) is 0 Å². The molecular weight excluding hydrogens is 477 g/mol. The average molecular weight is 507 g/mol. The Hall–Kier alpha value is -3.56. The lowest BCUT2D eigenvalue weighted by atomic mass is 9.87. The smallest absolute Gasteiger partial charge is 0.416 e. The molecule has 0 unspecified atom stereocenters. The van der Waals surface area contributed by atoms with E-state index in [0.29, 0.717) is 30.8 Å². The van der Waals surface area contributed by atoms with Crippen molar-refractivity contribution in [3.05, 3.63) is 65.2 Å². The van der Waals surface area contributed by atoms with Crippen molar-refractivity contribution in [3.63, 3.8) is 0 Å². The molecule has 0 spiro atoms. The van der Waals surface area contributed by atoms with Crippen LogP contribution in [0, 0.1) is 5.92 Å². The van der Waals surface area contributed by atoms with E-state index in [9.17, 15) is 27.6 Å². The summed E-state index contributed by atoms with van der Waals surface area (Å²) < 4.78 is 49.4. The largest absolute Gasteiger partial charge is 0.490 e. The minimum atomic E-state index is -4.53. The number of carbonyl (C=O) groups is 3. The van der Waals surface area contributed by atoms with Gasteiger partial charge in [0.25, 0.3) is 11.8 Å². The number of esters is 1. The Morgan fingerprint density at radius 3 is 2.08 bits per heavy atom. The summed E-state index contributed by atoms with van der Waals surface area (Å²) in [6.45, 7) is 2.32. The van der Waals surface area contributed by atoms with Gasteiger partial charge in [0, 0.05) is 24.2 Å². The molecule has 1 saturated carbocycles. The molecule has 2 amide bonds. The van der Waals surface area contributed by atoms with Crippen LogP contribution < -0.4 is 15.4 Å². The van der Waals surface area contributed by atoms with Crippen molar-refractivity contribution >= 4 is 17.8 Å². The molecule has 1 fully saturated rings. The van der Waals surface area contributed by atoms with Crippen LogP contribution in [0.3, 0.4) is 0 Å². The monoisotopic (exact) mass is 506 g/mol. The maximum Gasteiger partial charge on any atom is 0.416 e. The molecule has 0 atom stereocenters. The molecule has 0 bridgehead atoms. The lowest BCUT2D eigenvalue weighted by molar-refractivity contribution is -0.149. The number of amides is 2. The molecule has 10 heteroatoms. The summed E-state index contributed by atoms with van der Waals surface area (Å²) in [4.78, 5) is 36.3. The molecule has 7 nitrogen and oxygen atoms in total. The zero-order valence-corrected chi connectivity index (χ0v) is 19.9. The van der Waals surface area contributed by atoms with Crippen LogP contribution in [0.15, 0.2) is 48.5 Å². The van der Waals surface area contributed by atoms with Crippen LogP contribution in [0.2, 0.25) is 0 Å². The van der Waals surface area contributed by atoms with Gasteiger partial charge in [0.15, 0.2) is 0 Å². The summed E-state index contributed by atoms with van der Waals surface area (Å²) in [6, 6.07) is 10.8. The van der Waals surface area contributed by atoms with Gasteiger partial charge < -0.3 is 20.1 Å². The maximum absolute atomic E-state index is 12.8. The number of rotatable bonds is 9. The number of halogens is 3. The molecule has 36 heavy (non-hydrogen) atoms. The van der Waals surface area contributed by atoms with Crippen molar-refractivity contribution in [2.24, 2.45) is 5.92 Å². The molecule has 194 valence electrons. The first-order valence-corrected chi connectivity index (χ1v) is 11.8. The predicted octanol–water partition coefficient (Wildman–Crippen LogP) is 4.37. The van der Waals surface area contributed by atoms with Gasteiger partial charge in [-0.1, -0.05) is 6.07 Å². The molecule has 0 aromatic heterocycles. The van der Waals surface area contributed by atoms with Crippen LogP contribution in [-0.4, -0.2) is 43.6 Å². The molecular formula is C26H29F3N2O5. The fourth-order valence-electron chi connectivity index (χ4n) is 3.95. The van der Waals surface area contributed by atoms with Crippen molar-refractivity contribution in [2.45, 2.75) is 44.9 Å². The van der Waals surface area contributed by atoms with Gasteiger partial charge in [-0.3, -0.25) is 14.4 Å². The Bertz CT molecular complexity index is 1050. The topological polar surface area (TPSA) is 93.7 Å². The van der Waals surface area contributed by atoms with E-state index >= 15 is 0 Å². The first kappa shape index (κ1) is 27.0. The standard InChI is InChI=1S/C26H29F3N2O5/c1-2-35-25(34)18-8-12-22(13-9-18)36-21-10-6-17(7-11-21)23(32)30-14-15-31-24(33)19-4-3-5-20(16-19)26(27,28)29/h3-7,10-11,16,18,22H,2,8-9,12-15H2,1H3,(H,30,32)(H,31,33). The van der Waals surface area contributed by atoms with Crippen molar-refractivity contribution in [1.29, 1.82) is 0 Å². The van der Waals surface area contributed by atoms with Crippen molar-refractivity contribution in [3.8, 4) is 5.75 Å². The van der Waals surface area contributed by atoms with Gasteiger partial charge >= 0.3 is 12.1 Å². The van der Waals surface area contributed by atoms with Crippen LogP contribution in [0.4, 0.5) is 13.2 Å². The summed E-state index contributed by atoms with van der Waals surface area (Å²) in [6.07, 6.45) is -1.61. The van der Waals surface area contributed by atoms with Gasteiger partial charge in [-0.15, -0.1) is 0 Å². The molecule has 1 aliphatic carbocycles. The van der Waals surface area contributed by atoms with E-state index in [-0.39, 0.29) is 42.6 Å². The van der Waals surface area contributed by atoms with Gasteiger partial charge in [-0.05, 0) is 75.1 Å². The minimum absolute atomic E-state index is 0.00390. The van der Waals surface area contributed by atoms with Gasteiger partial charge in [0.1, 0.15) is 5.75 Å². The molecule has 0 aliphatic heterocycles. The van der Waals surface area contributed by atoms with E-state index in [4.69, 9.17) is 9.47 Å². The SMILES string of the molecule is CCOC(=O)C1CCC(Oc2ccc(C(=O)NCCNC(=O)c3cccc(C(F)(F)F)c3)cc2)CC1. The zero-order valence-electron chi connectivity index (χ0n) is 19.9. The Morgan fingerprint density at radius 1 is 0.889 bits per heavy atom. The molecule has 3 rings (SSSR count). The zero-order chi connectivity index (χ0) is 26.1. The number of nitrogens with one attached hydrogen (secondary N) is 2. The Kier molecular flexibility index (Phi) is 9.32. The predicted molar refractivity (Wildman–Crippen MR) is 126 cm³/mol. The average Bonchev–Trinajstić information content (AvgIpc) is 2.87. The van der Waals surface area contributed by atoms with Crippen LogP contribution in [0.25, 0.3) is 0 Å². The highest BCUT2D eigenvalue weighted by molar-refractivity contribution is 5.95. The third kappa shape index (κ3) is 7.73. The number of hydrogen-bond donors (Lipinski definition) is 2. The summed E-state index contributed by atoms with van der Waals surface area (Å²) in [5.74, 6) is -0.621. The fraction of sp³-hybridized carbons (Fsp3) is 0.423. The molecule has 0 heterocycles. The molecule has 0 radical (unpaired) electrons. The van der Waals surface area contributed by atoms with Crippen molar-refractivity contribution in [1.82, 2.24) is 10.6 Å². The summed E-state index contributed by atoms with van der Waals surface area (Å²) in [5.41, 5.74) is -0.612. The Balaban J connectivity index is 1.39. The molecule has 2 aromatic rings. The lowest BCUT2D eigenvalue weighted by Crippen LogP contribution is -2.34. The number of hydrogen-bond acceptors (Lipinski definition) is 5. The second-order valence-electron chi connectivity index (χ2n) is 8.46. The summed E-state index contributed by atoms with van der Waals surface area (Å²) in [7, 11) is 0. The van der Waals surface area contributed by atoms with E-state index < -0.39 is 17.6 Å². The minimum Gasteiger partial charge on any atom is -0.490 e. The highest BCUT2D eigenvalue weighted by atomic mass is 19.4. The highest BCUT2D eigenvalue weighted by Crippen LogP contribution is 2.30. The quantitative estimate of drug-likeness (QED) is 0.389. The van der Waals surface area contributed by atoms with Gasteiger partial charge in [0.2, 0.25) is 0 Å². The number of ether oxygens (including phenoxy) is 2. The van der Waals surface area contributed by atoms with Gasteiger partial charge in [0.05, 0.1) is 24.2 Å². The normalized spacial score (nSPS) is 17.7. The van der Waals surface area contributed by atoms with E-state index in [1.165, 1.54) is 12.1 Å². The second-order valence-corrected chi connectivity index (χ2v) is 8.46. The number of alkyl halides is 3. The maximum atomic E-state index is 12.8. The van der Waals surface area contributed by atoms with Gasteiger partial charge in [-0.2, -0.15) is 13.2 Å². The van der Waals surface area contributed by atoms with Crippen LogP contribution in [0.1, 0.15) is 58.9 Å².